The van der Waals surface area contributed by atoms with Crippen molar-refractivity contribution < 1.29 is 14.3 Å². The molecule has 0 unspecified atom stereocenters. The number of hydrogen-bond donors (Lipinski definition) is 1. The molecule has 3 aromatic rings. The molecule has 0 aliphatic carbocycles. The number of benzene rings is 1. The molecule has 1 saturated heterocycles. The lowest BCUT2D eigenvalue weighted by Gasteiger charge is -2.24. The molecule has 1 N–H and O–H groups in total. The molecular weight excluding hydrogens is 408 g/mol. The first-order valence-electron chi connectivity index (χ1n) is 9.41. The molecule has 0 spiro atoms. The van der Waals surface area contributed by atoms with E-state index in [0.29, 0.717) is 25.0 Å². The first-order chi connectivity index (χ1) is 14.3. The maximum absolute atomic E-state index is 12.1. The van der Waals surface area contributed by atoms with E-state index in [-0.39, 0.29) is 11.2 Å². The van der Waals surface area contributed by atoms with Gasteiger partial charge in [0.1, 0.15) is 11.4 Å². The molecule has 156 valence electrons. The SMILES string of the molecule is CC(C)(C)OC(=O)n1cc(-c2ccc(Nc3nc(Cl)nc(C4COC4)n3)cc2)cn1. The summed E-state index contributed by atoms with van der Waals surface area (Å²) < 4.78 is 11.7. The Morgan fingerprint density at radius 2 is 1.90 bits per heavy atom. The van der Waals surface area contributed by atoms with Crippen LogP contribution in [-0.2, 0) is 9.47 Å². The summed E-state index contributed by atoms with van der Waals surface area (Å²) in [5, 5.41) is 7.36. The molecule has 3 heterocycles. The fraction of sp³-hybridized carbons (Fsp3) is 0.350. The third-order valence-corrected chi connectivity index (χ3v) is 4.44. The Morgan fingerprint density at radius 3 is 2.53 bits per heavy atom. The van der Waals surface area contributed by atoms with Gasteiger partial charge in [-0.3, -0.25) is 0 Å². The molecule has 4 rings (SSSR count). The third-order valence-electron chi connectivity index (χ3n) is 4.27. The molecule has 9 nitrogen and oxygen atoms in total. The highest BCUT2D eigenvalue weighted by Crippen LogP contribution is 2.25. The standard InChI is InChI=1S/C20H21ClN6O3/c1-20(2,3)30-19(28)27-9-13(8-22-27)12-4-6-15(7-5-12)23-18-25-16(14-10-29-11-14)24-17(21)26-18/h4-9,14H,10-11H2,1-3H3,(H,23,24,25,26). The molecule has 0 saturated carbocycles. The Labute approximate surface area is 178 Å². The quantitative estimate of drug-likeness (QED) is 0.664. The van der Waals surface area contributed by atoms with Gasteiger partial charge in [0, 0.05) is 17.4 Å². The van der Waals surface area contributed by atoms with Crippen molar-refractivity contribution in [3.8, 4) is 11.1 Å². The van der Waals surface area contributed by atoms with Gasteiger partial charge in [0.05, 0.1) is 25.3 Å². The molecule has 1 aliphatic heterocycles. The van der Waals surface area contributed by atoms with Gasteiger partial charge in [-0.15, -0.1) is 0 Å². The van der Waals surface area contributed by atoms with Gasteiger partial charge in [0.15, 0.2) is 0 Å². The number of ether oxygens (including phenoxy) is 2. The van der Waals surface area contributed by atoms with Gasteiger partial charge in [-0.2, -0.15) is 19.7 Å². The summed E-state index contributed by atoms with van der Waals surface area (Å²) in [5.41, 5.74) is 1.90. The van der Waals surface area contributed by atoms with Crippen LogP contribution in [0.25, 0.3) is 11.1 Å². The smallest absolute Gasteiger partial charge is 0.435 e. The van der Waals surface area contributed by atoms with Crippen molar-refractivity contribution in [2.24, 2.45) is 0 Å². The Kier molecular flexibility index (Phi) is 5.40. The third kappa shape index (κ3) is 4.74. The number of anilines is 2. The van der Waals surface area contributed by atoms with E-state index in [4.69, 9.17) is 21.1 Å². The summed E-state index contributed by atoms with van der Waals surface area (Å²) in [6.07, 6.45) is 2.73. The van der Waals surface area contributed by atoms with Gasteiger partial charge in [-0.1, -0.05) is 12.1 Å². The Morgan fingerprint density at radius 1 is 1.17 bits per heavy atom. The predicted octanol–water partition coefficient (Wildman–Crippen LogP) is 4.03. The summed E-state index contributed by atoms with van der Waals surface area (Å²) in [4.78, 5) is 24.8. The van der Waals surface area contributed by atoms with Gasteiger partial charge in [0.25, 0.3) is 0 Å². The van der Waals surface area contributed by atoms with E-state index in [2.05, 4.69) is 25.4 Å². The largest absolute Gasteiger partial charge is 0.442 e. The van der Waals surface area contributed by atoms with Gasteiger partial charge in [0.2, 0.25) is 11.2 Å². The average molecular weight is 429 g/mol. The molecule has 10 heteroatoms. The van der Waals surface area contributed by atoms with Gasteiger partial charge in [-0.05, 0) is 50.1 Å². The second-order valence-electron chi connectivity index (χ2n) is 7.88. The fourth-order valence-corrected chi connectivity index (χ4v) is 2.91. The lowest BCUT2D eigenvalue weighted by atomic mass is 10.1. The van der Waals surface area contributed by atoms with E-state index >= 15 is 0 Å². The average Bonchev–Trinajstić information content (AvgIpc) is 3.09. The van der Waals surface area contributed by atoms with Gasteiger partial charge in [-0.25, -0.2) is 9.78 Å². The highest BCUT2D eigenvalue weighted by Gasteiger charge is 2.24. The number of nitrogens with zero attached hydrogens (tertiary/aromatic N) is 5. The lowest BCUT2D eigenvalue weighted by Crippen LogP contribution is -2.27. The maximum Gasteiger partial charge on any atom is 0.435 e. The second kappa shape index (κ2) is 8.00. The number of carbonyl (C=O) groups is 1. The summed E-state index contributed by atoms with van der Waals surface area (Å²) in [7, 11) is 0. The number of halogens is 1. The first kappa shape index (κ1) is 20.2. The minimum absolute atomic E-state index is 0.139. The van der Waals surface area contributed by atoms with E-state index in [1.807, 2.05) is 45.0 Å². The monoisotopic (exact) mass is 428 g/mol. The molecule has 1 aromatic carbocycles. The van der Waals surface area contributed by atoms with E-state index in [1.165, 1.54) is 4.68 Å². The van der Waals surface area contributed by atoms with Crippen molar-refractivity contribution in [1.29, 1.82) is 0 Å². The zero-order valence-corrected chi connectivity index (χ0v) is 17.6. The number of rotatable bonds is 4. The maximum atomic E-state index is 12.1. The van der Waals surface area contributed by atoms with Crippen LogP contribution in [0.4, 0.5) is 16.4 Å². The number of carbonyl (C=O) groups excluding carboxylic acids is 1. The zero-order valence-electron chi connectivity index (χ0n) is 16.8. The van der Waals surface area contributed by atoms with Crippen molar-refractivity contribution in [3.05, 3.63) is 47.8 Å². The predicted molar refractivity (Wildman–Crippen MR) is 111 cm³/mol. The molecular formula is C20H21ClN6O3. The van der Waals surface area contributed by atoms with Gasteiger partial charge < -0.3 is 14.8 Å². The number of nitrogens with one attached hydrogen (secondary N) is 1. The van der Waals surface area contributed by atoms with Crippen LogP contribution in [0.15, 0.2) is 36.7 Å². The minimum Gasteiger partial charge on any atom is -0.442 e. The fourth-order valence-electron chi connectivity index (χ4n) is 2.74. The van der Waals surface area contributed by atoms with Crippen LogP contribution in [-0.4, -0.2) is 49.6 Å². The van der Waals surface area contributed by atoms with Crippen LogP contribution in [0.3, 0.4) is 0 Å². The molecule has 1 aliphatic rings. The van der Waals surface area contributed by atoms with Crippen molar-refractivity contribution in [2.45, 2.75) is 32.3 Å². The molecule has 2 aromatic heterocycles. The van der Waals surface area contributed by atoms with E-state index < -0.39 is 11.7 Å². The molecule has 0 atom stereocenters. The molecule has 1 fully saturated rings. The minimum atomic E-state index is -0.583. The van der Waals surface area contributed by atoms with Crippen molar-refractivity contribution in [1.82, 2.24) is 24.7 Å². The van der Waals surface area contributed by atoms with E-state index in [9.17, 15) is 4.79 Å². The number of hydrogen-bond acceptors (Lipinski definition) is 8. The van der Waals surface area contributed by atoms with Crippen LogP contribution in [0, 0.1) is 0 Å². The van der Waals surface area contributed by atoms with Crippen molar-refractivity contribution >= 4 is 29.3 Å². The Balaban J connectivity index is 1.46. The van der Waals surface area contributed by atoms with Crippen LogP contribution >= 0.6 is 11.6 Å². The second-order valence-corrected chi connectivity index (χ2v) is 8.21. The van der Waals surface area contributed by atoms with Crippen LogP contribution < -0.4 is 5.32 Å². The topological polar surface area (TPSA) is 104 Å². The Bertz CT molecular complexity index is 1060. The highest BCUT2D eigenvalue weighted by atomic mass is 35.5. The van der Waals surface area contributed by atoms with Crippen LogP contribution in [0.5, 0.6) is 0 Å². The summed E-state index contributed by atoms with van der Waals surface area (Å²) in [6.45, 7) is 6.61. The summed E-state index contributed by atoms with van der Waals surface area (Å²) >= 11 is 6.02. The van der Waals surface area contributed by atoms with E-state index in [1.54, 1.807) is 12.4 Å². The van der Waals surface area contributed by atoms with Gasteiger partial charge >= 0.3 is 6.09 Å². The Hall–Kier alpha value is -3.04. The van der Waals surface area contributed by atoms with Crippen molar-refractivity contribution in [2.75, 3.05) is 18.5 Å². The van der Waals surface area contributed by atoms with Crippen LogP contribution in [0.2, 0.25) is 5.28 Å². The zero-order chi connectivity index (χ0) is 21.3. The first-order valence-corrected chi connectivity index (χ1v) is 9.79. The molecule has 0 bridgehead atoms. The molecule has 30 heavy (non-hydrogen) atoms. The normalized spacial score (nSPS) is 14.3. The summed E-state index contributed by atoms with van der Waals surface area (Å²) in [5.74, 6) is 1.15. The van der Waals surface area contributed by atoms with Crippen molar-refractivity contribution in [3.63, 3.8) is 0 Å². The highest BCUT2D eigenvalue weighted by molar-refractivity contribution is 6.28. The molecule has 0 radical (unpaired) electrons. The number of aromatic nitrogens is 5. The van der Waals surface area contributed by atoms with E-state index in [0.717, 1.165) is 16.8 Å². The molecule has 0 amide bonds. The summed E-state index contributed by atoms with van der Waals surface area (Å²) in [6, 6.07) is 7.57. The van der Waals surface area contributed by atoms with Crippen LogP contribution in [0.1, 0.15) is 32.5 Å². The lowest BCUT2D eigenvalue weighted by molar-refractivity contribution is 0.00484.